The standard InChI is InChI=1S/C19H25ClN6O3/c1-28-10-16(21)22-14-5-3-4-6-15(14)24-17-12-9-11(20)7-8-13(12)23-18(25-17)19(27)26-29-2/h7-9,14-15H,3-6,10H2,1-2H3,(H2,21,22)(H,26,27)(H,23,24,25)/t14-,15+/m1/s1. The van der Waals surface area contributed by atoms with Crippen LogP contribution < -0.4 is 16.5 Å². The van der Waals surface area contributed by atoms with E-state index in [4.69, 9.17) is 26.9 Å². The van der Waals surface area contributed by atoms with Crippen molar-refractivity contribution >= 4 is 40.1 Å². The number of halogens is 1. The molecule has 1 fully saturated rings. The summed E-state index contributed by atoms with van der Waals surface area (Å²) in [7, 11) is 2.94. The molecule has 10 heteroatoms. The molecule has 3 rings (SSSR count). The first kappa shape index (κ1) is 21.2. The van der Waals surface area contributed by atoms with Gasteiger partial charge in [-0.05, 0) is 31.0 Å². The first-order chi connectivity index (χ1) is 14.0. The number of fused-ring (bicyclic) bond motifs is 1. The minimum absolute atomic E-state index is 0.000991. The monoisotopic (exact) mass is 420 g/mol. The van der Waals surface area contributed by atoms with E-state index in [0.29, 0.717) is 22.2 Å². The summed E-state index contributed by atoms with van der Waals surface area (Å²) in [6, 6.07) is 5.24. The summed E-state index contributed by atoms with van der Waals surface area (Å²) in [5.41, 5.74) is 8.81. The molecule has 1 amide bonds. The fourth-order valence-corrected chi connectivity index (χ4v) is 3.63. The number of hydroxylamine groups is 1. The van der Waals surface area contributed by atoms with E-state index in [1.165, 1.54) is 7.11 Å². The van der Waals surface area contributed by atoms with E-state index in [2.05, 4.69) is 25.8 Å². The van der Waals surface area contributed by atoms with Crippen LogP contribution in [0.3, 0.4) is 0 Å². The number of aliphatic imine (C=N–C) groups is 1. The average molecular weight is 421 g/mol. The minimum Gasteiger partial charge on any atom is -0.386 e. The highest BCUT2D eigenvalue weighted by atomic mass is 35.5. The SMILES string of the molecule is COCC(N)=N[C@@H]1CCCC[C@@H]1Nc1nc(C(=O)NOC)nc2ccc(Cl)cc12. The number of ether oxygens (including phenoxy) is 1. The topological polar surface area (TPSA) is 124 Å². The van der Waals surface area contributed by atoms with Crippen molar-refractivity contribution in [3.63, 3.8) is 0 Å². The van der Waals surface area contributed by atoms with Crippen LogP contribution in [-0.4, -0.2) is 54.6 Å². The van der Waals surface area contributed by atoms with Crippen LogP contribution in [0.5, 0.6) is 0 Å². The first-order valence-electron chi connectivity index (χ1n) is 9.40. The molecule has 0 radical (unpaired) electrons. The highest BCUT2D eigenvalue weighted by molar-refractivity contribution is 6.31. The number of aromatic nitrogens is 2. The Hall–Kier alpha value is -2.49. The Labute approximate surface area is 174 Å². The van der Waals surface area contributed by atoms with Crippen LogP contribution in [0.25, 0.3) is 10.9 Å². The Balaban J connectivity index is 1.97. The number of anilines is 1. The maximum absolute atomic E-state index is 12.2. The summed E-state index contributed by atoms with van der Waals surface area (Å²) in [5.74, 6) is 0.451. The van der Waals surface area contributed by atoms with E-state index in [9.17, 15) is 4.79 Å². The molecule has 1 aromatic carbocycles. The lowest BCUT2D eigenvalue weighted by Crippen LogP contribution is -2.38. The molecule has 0 bridgehead atoms. The third-order valence-electron chi connectivity index (χ3n) is 4.73. The predicted molar refractivity (Wildman–Crippen MR) is 112 cm³/mol. The zero-order valence-electron chi connectivity index (χ0n) is 16.4. The third kappa shape index (κ3) is 5.31. The number of methoxy groups -OCH3 is 1. The molecule has 1 saturated carbocycles. The van der Waals surface area contributed by atoms with E-state index in [1.807, 2.05) is 0 Å². The fourth-order valence-electron chi connectivity index (χ4n) is 3.46. The molecule has 0 aliphatic heterocycles. The van der Waals surface area contributed by atoms with Gasteiger partial charge < -0.3 is 15.8 Å². The lowest BCUT2D eigenvalue weighted by Gasteiger charge is -2.30. The second kappa shape index (κ2) is 9.82. The van der Waals surface area contributed by atoms with Crippen LogP contribution in [0.1, 0.15) is 36.3 Å². The number of amidine groups is 1. The number of carbonyl (C=O) groups is 1. The van der Waals surface area contributed by atoms with Gasteiger partial charge in [-0.15, -0.1) is 0 Å². The highest BCUT2D eigenvalue weighted by Gasteiger charge is 2.26. The van der Waals surface area contributed by atoms with Gasteiger partial charge in [-0.1, -0.05) is 24.4 Å². The van der Waals surface area contributed by atoms with Crippen molar-refractivity contribution in [3.05, 3.63) is 29.0 Å². The van der Waals surface area contributed by atoms with Crippen molar-refractivity contribution in [2.24, 2.45) is 10.7 Å². The van der Waals surface area contributed by atoms with Gasteiger partial charge in [0.05, 0.1) is 18.7 Å². The number of nitrogens with one attached hydrogen (secondary N) is 2. The number of nitrogens with zero attached hydrogens (tertiary/aromatic N) is 3. The largest absolute Gasteiger partial charge is 0.386 e. The van der Waals surface area contributed by atoms with Crippen LogP contribution in [0.15, 0.2) is 23.2 Å². The number of nitrogens with two attached hydrogens (primary N) is 1. The van der Waals surface area contributed by atoms with Crippen molar-refractivity contribution in [1.29, 1.82) is 0 Å². The van der Waals surface area contributed by atoms with Gasteiger partial charge in [0.2, 0.25) is 5.82 Å². The Morgan fingerprint density at radius 3 is 2.86 bits per heavy atom. The summed E-state index contributed by atoms with van der Waals surface area (Å²) in [6.45, 7) is 0.288. The van der Waals surface area contributed by atoms with Crippen molar-refractivity contribution in [2.75, 3.05) is 26.1 Å². The molecule has 2 atom stereocenters. The van der Waals surface area contributed by atoms with Gasteiger partial charge in [-0.3, -0.25) is 14.6 Å². The minimum atomic E-state index is -0.532. The van der Waals surface area contributed by atoms with Gasteiger partial charge in [0.15, 0.2) is 0 Å². The second-order valence-electron chi connectivity index (χ2n) is 6.85. The smallest absolute Gasteiger partial charge is 0.312 e. The molecular weight excluding hydrogens is 396 g/mol. The Morgan fingerprint density at radius 2 is 2.10 bits per heavy atom. The molecule has 0 unspecified atom stereocenters. The number of rotatable bonds is 7. The molecule has 1 aliphatic rings. The molecule has 4 N–H and O–H groups in total. The van der Waals surface area contributed by atoms with Gasteiger partial charge in [0.1, 0.15) is 18.3 Å². The van der Waals surface area contributed by atoms with Gasteiger partial charge in [0.25, 0.3) is 0 Å². The summed E-state index contributed by atoms with van der Waals surface area (Å²) in [6.07, 6.45) is 3.95. The number of amides is 1. The van der Waals surface area contributed by atoms with E-state index in [1.54, 1.807) is 25.3 Å². The number of carbonyl (C=O) groups excluding carboxylic acids is 1. The fraction of sp³-hybridized carbons (Fsp3) is 0.474. The number of hydrogen-bond donors (Lipinski definition) is 3. The van der Waals surface area contributed by atoms with Crippen LogP contribution in [0, 0.1) is 0 Å². The van der Waals surface area contributed by atoms with E-state index in [0.717, 1.165) is 31.1 Å². The molecule has 0 saturated heterocycles. The second-order valence-corrected chi connectivity index (χ2v) is 7.29. The van der Waals surface area contributed by atoms with Gasteiger partial charge in [-0.25, -0.2) is 15.4 Å². The molecule has 156 valence electrons. The summed E-state index contributed by atoms with van der Waals surface area (Å²) in [5, 5.41) is 4.73. The number of benzene rings is 1. The van der Waals surface area contributed by atoms with Crippen LogP contribution >= 0.6 is 11.6 Å². The Bertz CT molecular complexity index is 907. The predicted octanol–water partition coefficient (Wildman–Crippen LogP) is 2.30. The normalized spacial score (nSPS) is 19.9. The van der Waals surface area contributed by atoms with Gasteiger partial charge in [0, 0.05) is 23.6 Å². The van der Waals surface area contributed by atoms with Crippen molar-refractivity contribution in [1.82, 2.24) is 15.4 Å². The lowest BCUT2D eigenvalue weighted by molar-refractivity contribution is 0.0527. The van der Waals surface area contributed by atoms with Crippen molar-refractivity contribution in [3.8, 4) is 0 Å². The maximum Gasteiger partial charge on any atom is 0.312 e. The molecule has 0 spiro atoms. The van der Waals surface area contributed by atoms with Crippen LogP contribution in [0.2, 0.25) is 5.02 Å². The first-order valence-corrected chi connectivity index (χ1v) is 9.78. The van der Waals surface area contributed by atoms with Crippen molar-refractivity contribution in [2.45, 2.75) is 37.8 Å². The zero-order chi connectivity index (χ0) is 20.8. The maximum atomic E-state index is 12.2. The zero-order valence-corrected chi connectivity index (χ0v) is 17.2. The van der Waals surface area contributed by atoms with Crippen LogP contribution in [0.4, 0.5) is 5.82 Å². The lowest BCUT2D eigenvalue weighted by atomic mass is 9.90. The molecule has 1 heterocycles. The van der Waals surface area contributed by atoms with Gasteiger partial charge in [-0.2, -0.15) is 0 Å². The summed E-state index contributed by atoms with van der Waals surface area (Å²) in [4.78, 5) is 30.3. The molecular formula is C19H25ClN6O3. The van der Waals surface area contributed by atoms with Crippen LogP contribution in [-0.2, 0) is 9.57 Å². The quantitative estimate of drug-likeness (QED) is 0.356. The average Bonchev–Trinajstić information content (AvgIpc) is 2.70. The van der Waals surface area contributed by atoms with Gasteiger partial charge >= 0.3 is 5.91 Å². The van der Waals surface area contributed by atoms with E-state index >= 15 is 0 Å². The van der Waals surface area contributed by atoms with E-state index in [-0.39, 0.29) is 24.5 Å². The molecule has 1 aliphatic carbocycles. The third-order valence-corrected chi connectivity index (χ3v) is 4.97. The number of hydrogen-bond acceptors (Lipinski definition) is 7. The molecule has 29 heavy (non-hydrogen) atoms. The Morgan fingerprint density at radius 1 is 1.31 bits per heavy atom. The Kier molecular flexibility index (Phi) is 7.18. The summed E-state index contributed by atoms with van der Waals surface area (Å²) < 4.78 is 5.07. The molecule has 9 nitrogen and oxygen atoms in total. The molecule has 2 aromatic rings. The summed E-state index contributed by atoms with van der Waals surface area (Å²) >= 11 is 6.18. The van der Waals surface area contributed by atoms with E-state index < -0.39 is 5.91 Å². The van der Waals surface area contributed by atoms with Crippen molar-refractivity contribution < 1.29 is 14.4 Å². The molecule has 1 aromatic heterocycles. The highest BCUT2D eigenvalue weighted by Crippen LogP contribution is 2.29.